The van der Waals surface area contributed by atoms with Gasteiger partial charge in [0.1, 0.15) is 11.4 Å². The van der Waals surface area contributed by atoms with E-state index in [0.29, 0.717) is 5.69 Å². The molecule has 0 N–H and O–H groups in total. The predicted molar refractivity (Wildman–Crippen MR) is 67.9 cm³/mol. The van der Waals surface area contributed by atoms with Crippen molar-refractivity contribution in [3.63, 3.8) is 0 Å². The largest absolute Gasteiger partial charge is 0.497 e. The van der Waals surface area contributed by atoms with E-state index in [1.54, 1.807) is 12.5 Å². The molecule has 88 valence electrons. The highest BCUT2D eigenvalue weighted by Crippen LogP contribution is 2.18. The number of rotatable bonds is 4. The highest BCUT2D eigenvalue weighted by Gasteiger charge is 2.06. The van der Waals surface area contributed by atoms with Gasteiger partial charge >= 0.3 is 0 Å². The second kappa shape index (κ2) is 5.10. The molecular formula is C13H13NO2S. The standard InChI is InChI=1S/C13H13NO2S/c1-9(15)12-8-17-13(14-12)7-10-4-3-5-11(6-10)16-2/h3-6,8H,7H2,1-2H3. The molecule has 17 heavy (non-hydrogen) atoms. The van der Waals surface area contributed by atoms with E-state index in [1.165, 1.54) is 18.3 Å². The molecule has 0 aliphatic rings. The highest BCUT2D eigenvalue weighted by atomic mass is 32.1. The van der Waals surface area contributed by atoms with Crippen molar-refractivity contribution in [3.8, 4) is 5.75 Å². The number of Topliss-reactive ketones (excluding diaryl/α,β-unsaturated/α-hetero) is 1. The van der Waals surface area contributed by atoms with Crippen molar-refractivity contribution in [1.82, 2.24) is 4.98 Å². The number of thiazole rings is 1. The highest BCUT2D eigenvalue weighted by molar-refractivity contribution is 7.09. The van der Waals surface area contributed by atoms with Crippen LogP contribution in [0.15, 0.2) is 29.6 Å². The van der Waals surface area contributed by atoms with Gasteiger partial charge < -0.3 is 4.74 Å². The molecule has 4 heteroatoms. The quantitative estimate of drug-likeness (QED) is 0.780. The van der Waals surface area contributed by atoms with Gasteiger partial charge in [0.15, 0.2) is 5.78 Å². The van der Waals surface area contributed by atoms with Crippen LogP contribution in [0.5, 0.6) is 5.75 Å². The Morgan fingerprint density at radius 1 is 1.47 bits per heavy atom. The molecule has 2 aromatic rings. The third-order valence-electron chi connectivity index (χ3n) is 2.40. The van der Waals surface area contributed by atoms with Gasteiger partial charge in [0, 0.05) is 18.7 Å². The number of methoxy groups -OCH3 is 1. The molecule has 2 rings (SSSR count). The zero-order chi connectivity index (χ0) is 12.3. The Labute approximate surface area is 104 Å². The molecule has 1 aromatic carbocycles. The van der Waals surface area contributed by atoms with Gasteiger partial charge in [-0.15, -0.1) is 11.3 Å². The molecule has 0 radical (unpaired) electrons. The summed E-state index contributed by atoms with van der Waals surface area (Å²) in [6, 6.07) is 7.87. The van der Waals surface area contributed by atoms with Crippen LogP contribution >= 0.6 is 11.3 Å². The molecule has 3 nitrogen and oxygen atoms in total. The predicted octanol–water partition coefficient (Wildman–Crippen LogP) is 2.95. The molecule has 0 saturated heterocycles. The summed E-state index contributed by atoms with van der Waals surface area (Å²) in [4.78, 5) is 15.4. The van der Waals surface area contributed by atoms with Crippen LogP contribution in [0.25, 0.3) is 0 Å². The molecule has 0 unspecified atom stereocenters. The molecule has 0 spiro atoms. The van der Waals surface area contributed by atoms with Crippen LogP contribution in [0.4, 0.5) is 0 Å². The number of carbonyl (C=O) groups excluding carboxylic acids is 1. The number of ether oxygens (including phenoxy) is 1. The van der Waals surface area contributed by atoms with E-state index >= 15 is 0 Å². The summed E-state index contributed by atoms with van der Waals surface area (Å²) in [5.74, 6) is 0.851. The van der Waals surface area contributed by atoms with Crippen molar-refractivity contribution in [2.45, 2.75) is 13.3 Å². The molecular weight excluding hydrogens is 234 g/mol. The minimum absolute atomic E-state index is 0.0122. The molecule has 0 bridgehead atoms. The first kappa shape index (κ1) is 11.8. The summed E-state index contributed by atoms with van der Waals surface area (Å²) in [6.45, 7) is 1.53. The Kier molecular flexibility index (Phi) is 3.54. The normalized spacial score (nSPS) is 10.2. The van der Waals surface area contributed by atoms with Crippen LogP contribution in [0.2, 0.25) is 0 Å². The number of hydrogen-bond acceptors (Lipinski definition) is 4. The molecule has 0 aliphatic carbocycles. The molecule has 0 atom stereocenters. The first-order valence-corrected chi connectivity index (χ1v) is 6.15. The summed E-state index contributed by atoms with van der Waals surface area (Å²) < 4.78 is 5.16. The molecule has 0 amide bonds. The van der Waals surface area contributed by atoms with Crippen molar-refractivity contribution < 1.29 is 9.53 Å². The fourth-order valence-corrected chi connectivity index (χ4v) is 2.38. The first-order valence-electron chi connectivity index (χ1n) is 5.27. The molecule has 1 heterocycles. The second-order valence-electron chi connectivity index (χ2n) is 3.71. The first-order chi connectivity index (χ1) is 8.19. The lowest BCUT2D eigenvalue weighted by Gasteiger charge is -2.02. The van der Waals surface area contributed by atoms with E-state index in [9.17, 15) is 4.79 Å². The number of benzene rings is 1. The average molecular weight is 247 g/mol. The van der Waals surface area contributed by atoms with Gasteiger partial charge in [0.2, 0.25) is 0 Å². The number of ketones is 1. The van der Waals surface area contributed by atoms with Crippen molar-refractivity contribution in [2.75, 3.05) is 7.11 Å². The Balaban J connectivity index is 2.16. The second-order valence-corrected chi connectivity index (χ2v) is 4.65. The smallest absolute Gasteiger partial charge is 0.178 e. The number of nitrogens with zero attached hydrogens (tertiary/aromatic N) is 1. The Morgan fingerprint density at radius 3 is 2.94 bits per heavy atom. The topological polar surface area (TPSA) is 39.2 Å². The van der Waals surface area contributed by atoms with Gasteiger partial charge in [0.25, 0.3) is 0 Å². The zero-order valence-electron chi connectivity index (χ0n) is 9.77. The molecule has 0 fully saturated rings. The van der Waals surface area contributed by atoms with Crippen LogP contribution < -0.4 is 4.74 Å². The third kappa shape index (κ3) is 2.91. The van der Waals surface area contributed by atoms with Crippen molar-refractivity contribution >= 4 is 17.1 Å². The van der Waals surface area contributed by atoms with Crippen molar-refractivity contribution in [1.29, 1.82) is 0 Å². The van der Waals surface area contributed by atoms with Gasteiger partial charge in [0.05, 0.1) is 12.1 Å². The van der Waals surface area contributed by atoms with Crippen LogP contribution in [-0.2, 0) is 6.42 Å². The maximum absolute atomic E-state index is 11.1. The van der Waals surface area contributed by atoms with Crippen molar-refractivity contribution in [3.05, 3.63) is 45.9 Å². The van der Waals surface area contributed by atoms with E-state index in [1.807, 2.05) is 24.3 Å². The van der Waals surface area contributed by atoms with Gasteiger partial charge in [-0.25, -0.2) is 4.98 Å². The average Bonchev–Trinajstić information content (AvgIpc) is 2.78. The molecule has 1 aromatic heterocycles. The van der Waals surface area contributed by atoms with Crippen LogP contribution in [-0.4, -0.2) is 17.9 Å². The fraction of sp³-hybridized carbons (Fsp3) is 0.231. The lowest BCUT2D eigenvalue weighted by Crippen LogP contribution is -1.94. The lowest BCUT2D eigenvalue weighted by molar-refractivity contribution is 0.101. The monoisotopic (exact) mass is 247 g/mol. The van der Waals surface area contributed by atoms with Gasteiger partial charge in [-0.2, -0.15) is 0 Å². The number of hydrogen-bond donors (Lipinski definition) is 0. The van der Waals surface area contributed by atoms with E-state index < -0.39 is 0 Å². The summed E-state index contributed by atoms with van der Waals surface area (Å²) in [6.07, 6.45) is 0.731. The van der Waals surface area contributed by atoms with Crippen molar-refractivity contribution in [2.24, 2.45) is 0 Å². The zero-order valence-corrected chi connectivity index (χ0v) is 10.6. The van der Waals surface area contributed by atoms with Gasteiger partial charge in [-0.1, -0.05) is 12.1 Å². The van der Waals surface area contributed by atoms with Crippen LogP contribution in [0.1, 0.15) is 28.0 Å². The maximum Gasteiger partial charge on any atom is 0.178 e. The van der Waals surface area contributed by atoms with E-state index in [0.717, 1.165) is 22.7 Å². The minimum Gasteiger partial charge on any atom is -0.497 e. The van der Waals surface area contributed by atoms with Gasteiger partial charge in [-0.05, 0) is 17.7 Å². The number of aromatic nitrogens is 1. The summed E-state index contributed by atoms with van der Waals surface area (Å²) >= 11 is 1.51. The van der Waals surface area contributed by atoms with E-state index in [4.69, 9.17) is 4.74 Å². The molecule has 0 aliphatic heterocycles. The van der Waals surface area contributed by atoms with Crippen LogP contribution in [0, 0.1) is 0 Å². The SMILES string of the molecule is COc1cccc(Cc2nc(C(C)=O)cs2)c1. The lowest BCUT2D eigenvalue weighted by atomic mass is 10.1. The summed E-state index contributed by atoms with van der Waals surface area (Å²) in [5, 5.41) is 2.75. The third-order valence-corrected chi connectivity index (χ3v) is 3.25. The summed E-state index contributed by atoms with van der Waals surface area (Å²) in [7, 11) is 1.65. The fourth-order valence-electron chi connectivity index (χ4n) is 1.51. The maximum atomic E-state index is 11.1. The van der Waals surface area contributed by atoms with E-state index in [-0.39, 0.29) is 5.78 Å². The van der Waals surface area contributed by atoms with Gasteiger partial charge in [-0.3, -0.25) is 4.79 Å². The van der Waals surface area contributed by atoms with E-state index in [2.05, 4.69) is 4.98 Å². The molecule has 0 saturated carbocycles. The van der Waals surface area contributed by atoms with Crippen LogP contribution in [0.3, 0.4) is 0 Å². The number of carbonyl (C=O) groups is 1. The Morgan fingerprint density at radius 2 is 2.29 bits per heavy atom. The minimum atomic E-state index is 0.0122. The Hall–Kier alpha value is -1.68. The summed E-state index contributed by atoms with van der Waals surface area (Å²) in [5.41, 5.74) is 1.68. The Bertz CT molecular complexity index is 534.